The number of hydrogen-bond acceptors (Lipinski definition) is 2. The maximum atomic E-state index is 0. The molecule has 0 atom stereocenters. The zero-order valence-electron chi connectivity index (χ0n) is 4.08. The second kappa shape index (κ2) is 105. The summed E-state index contributed by atoms with van der Waals surface area (Å²) in [7, 11) is 0. The zero-order valence-corrected chi connectivity index (χ0v) is 16.2. The molecule has 0 spiro atoms. The van der Waals surface area contributed by atoms with E-state index in [2.05, 4.69) is 0 Å². The van der Waals surface area contributed by atoms with Crippen LogP contribution < -0.4 is 80.2 Å². The quantitative estimate of drug-likeness (QED) is 0.263. The number of halogens is 6. The topological polar surface area (TPSA) is 70.0 Å². The van der Waals surface area contributed by atoms with Crippen LogP contribution in [0.3, 0.4) is 0 Å². The van der Waals surface area contributed by atoms with Crippen molar-refractivity contribution in [2.24, 2.45) is 0 Å². The Hall–Kier alpha value is 3.45. The summed E-state index contributed by atoms with van der Waals surface area (Å²) in [5, 5.41) is 0. The van der Waals surface area contributed by atoms with Crippen LogP contribution in [0, 0.1) is 0 Å². The van der Waals surface area contributed by atoms with Gasteiger partial charge in [0.2, 0.25) is 0 Å². The second-order valence-electron chi connectivity index (χ2n) is 0. The molecule has 0 aliphatic rings. The van der Waals surface area contributed by atoms with Crippen molar-refractivity contribution in [2.75, 3.05) is 0 Å². The Morgan fingerprint density at radius 3 is 0.444 bits per heavy atom. The van der Waals surface area contributed by atoms with E-state index >= 15 is 0 Å². The molecule has 0 fully saturated rings. The van der Waals surface area contributed by atoms with Gasteiger partial charge in [-0.2, -0.15) is 0 Å². The van der Waals surface area contributed by atoms with E-state index in [9.17, 15) is 0 Å². The summed E-state index contributed by atoms with van der Waals surface area (Å²) in [6.45, 7) is 0. The van der Waals surface area contributed by atoms with Crippen molar-refractivity contribution >= 4 is 34.0 Å². The van der Waals surface area contributed by atoms with Gasteiger partial charge in [0, 0.05) is 20.1 Å². The van der Waals surface area contributed by atoms with Crippen LogP contribution in [0.15, 0.2) is 0 Å². The Balaban J connectivity index is 0. The first-order valence-corrected chi connectivity index (χ1v) is 0. The van der Waals surface area contributed by atoms with Gasteiger partial charge in [-0.15, -0.1) is 34.0 Å². The molecule has 0 aliphatic heterocycles. The largest absolute Gasteiger partial charge is 1.00 e. The second-order valence-corrected chi connectivity index (χ2v) is 0. The van der Waals surface area contributed by atoms with E-state index in [1.165, 1.54) is 0 Å². The molecule has 0 bridgehead atoms. The van der Waals surface area contributed by atoms with Gasteiger partial charge in [-0.05, 0) is 0 Å². The molecule has 6 N–H and O–H groups in total. The van der Waals surface area contributed by atoms with Crippen molar-refractivity contribution < 1.29 is 88.0 Å². The molecular formula is H8Br6IrN2-4. The van der Waals surface area contributed by atoms with E-state index < -0.39 is 0 Å². The molecule has 0 rings (SSSR count). The first-order valence-electron chi connectivity index (χ1n) is 0. The molecule has 1 radical (unpaired) electrons. The molecule has 0 unspecified atom stereocenters. The van der Waals surface area contributed by atoms with Crippen molar-refractivity contribution in [1.29, 1.82) is 0 Å². The van der Waals surface area contributed by atoms with Crippen molar-refractivity contribution in [3.63, 3.8) is 0 Å². The SMILES string of the molecule is Br.Br.N.N.[Br-].[Br-].[Br-].[Br-].[Ir]. The summed E-state index contributed by atoms with van der Waals surface area (Å²) in [5.41, 5.74) is 0. The molecule has 9 heavy (non-hydrogen) atoms. The molecule has 2 nitrogen and oxygen atoms in total. The summed E-state index contributed by atoms with van der Waals surface area (Å²) in [4.78, 5) is 0. The van der Waals surface area contributed by atoms with Gasteiger partial charge >= 0.3 is 0 Å². The summed E-state index contributed by atoms with van der Waals surface area (Å²) in [6, 6.07) is 0. The molecular weight excluding hydrogens is 700 g/mol. The van der Waals surface area contributed by atoms with E-state index in [1.807, 2.05) is 0 Å². The van der Waals surface area contributed by atoms with Gasteiger partial charge in [0.05, 0.1) is 0 Å². The molecule has 0 aliphatic carbocycles. The van der Waals surface area contributed by atoms with Crippen LogP contribution in [0.2, 0.25) is 0 Å². The van der Waals surface area contributed by atoms with Crippen LogP contribution in [0.5, 0.6) is 0 Å². The average Bonchev–Trinajstić information content (AvgIpc) is 0. The summed E-state index contributed by atoms with van der Waals surface area (Å²) in [5.74, 6) is 0. The van der Waals surface area contributed by atoms with Gasteiger partial charge in [0.25, 0.3) is 0 Å². The normalized spacial score (nSPS) is 0. The van der Waals surface area contributed by atoms with E-state index in [0.717, 1.165) is 0 Å². The van der Waals surface area contributed by atoms with E-state index in [1.54, 1.807) is 0 Å². The minimum atomic E-state index is 0. The number of rotatable bonds is 0. The predicted octanol–water partition coefficient (Wildman–Crippen LogP) is -10.5. The van der Waals surface area contributed by atoms with Crippen LogP contribution in [-0.4, -0.2) is 0 Å². The summed E-state index contributed by atoms with van der Waals surface area (Å²) >= 11 is 0. The Kier molecular flexibility index (Phi) is 1600. The van der Waals surface area contributed by atoms with Crippen LogP contribution in [0.4, 0.5) is 0 Å². The first kappa shape index (κ1) is 137. The van der Waals surface area contributed by atoms with Crippen molar-refractivity contribution in [2.45, 2.75) is 0 Å². The van der Waals surface area contributed by atoms with E-state index in [-0.39, 0.29) is 134 Å². The van der Waals surface area contributed by atoms with Crippen molar-refractivity contribution in [3.05, 3.63) is 0 Å². The van der Waals surface area contributed by atoms with Gasteiger partial charge in [-0.3, -0.25) is 0 Å². The molecule has 9 heteroatoms. The average molecular weight is 708 g/mol. The number of hydrogen-bond donors (Lipinski definition) is 2. The third-order valence-electron chi connectivity index (χ3n) is 0. The minimum Gasteiger partial charge on any atom is -1.00 e. The Labute approximate surface area is 132 Å². The molecule has 0 saturated heterocycles. The molecule has 0 aromatic rings. The molecule has 0 aromatic heterocycles. The first-order chi connectivity index (χ1) is 0. The van der Waals surface area contributed by atoms with Crippen molar-refractivity contribution in [1.82, 2.24) is 12.3 Å². The van der Waals surface area contributed by atoms with Gasteiger partial charge in [-0.1, -0.05) is 0 Å². The van der Waals surface area contributed by atoms with Gasteiger partial charge < -0.3 is 80.2 Å². The standard InChI is InChI=1S/6BrH.Ir.2H3N/h6*1H;;2*1H3/p-4. The zero-order chi connectivity index (χ0) is 0. The molecule has 0 saturated carbocycles. The fraction of sp³-hybridized carbons (Fsp3) is 0. The Morgan fingerprint density at radius 1 is 0.444 bits per heavy atom. The van der Waals surface area contributed by atoms with Crippen molar-refractivity contribution in [3.8, 4) is 0 Å². The fourth-order valence-corrected chi connectivity index (χ4v) is 0. The minimum absolute atomic E-state index is 0. The maximum absolute atomic E-state index is 0. The smallest absolute Gasteiger partial charge is 0 e. The van der Waals surface area contributed by atoms with E-state index in [4.69, 9.17) is 0 Å². The molecule has 0 heterocycles. The summed E-state index contributed by atoms with van der Waals surface area (Å²) in [6.07, 6.45) is 0. The fourth-order valence-electron chi connectivity index (χ4n) is 0. The van der Waals surface area contributed by atoms with Crippen LogP contribution >= 0.6 is 34.0 Å². The molecule has 73 valence electrons. The van der Waals surface area contributed by atoms with E-state index in [0.29, 0.717) is 0 Å². The molecule has 0 amide bonds. The van der Waals surface area contributed by atoms with Gasteiger partial charge in [0.1, 0.15) is 0 Å². The predicted molar refractivity (Wildman–Crippen MR) is 30.7 cm³/mol. The summed E-state index contributed by atoms with van der Waals surface area (Å²) < 4.78 is 0. The third kappa shape index (κ3) is 85.9. The van der Waals surface area contributed by atoms with Gasteiger partial charge in [-0.25, -0.2) is 0 Å². The maximum Gasteiger partial charge on any atom is 0 e. The van der Waals surface area contributed by atoms with Crippen LogP contribution in [0.1, 0.15) is 0 Å². The Bertz CT molecular complexity index is 11.0. The van der Waals surface area contributed by atoms with Crippen LogP contribution in [-0.2, 0) is 20.1 Å². The monoisotopic (exact) mass is 703 g/mol. The Morgan fingerprint density at radius 2 is 0.444 bits per heavy atom. The third-order valence-corrected chi connectivity index (χ3v) is 0. The van der Waals surface area contributed by atoms with Gasteiger partial charge in [0.15, 0.2) is 0 Å². The molecule has 0 aromatic carbocycles. The van der Waals surface area contributed by atoms with Crippen LogP contribution in [0.25, 0.3) is 0 Å².